The number of carbonyl (C=O) groups is 1. The molecule has 2 amide bonds. The molecule has 0 aliphatic rings. The molecule has 0 fully saturated rings. The van der Waals surface area contributed by atoms with Crippen molar-refractivity contribution in [2.75, 3.05) is 5.32 Å². The molecule has 1 atom stereocenters. The van der Waals surface area contributed by atoms with Gasteiger partial charge >= 0.3 is 6.03 Å². The zero-order valence-corrected chi connectivity index (χ0v) is 15.3. The lowest BCUT2D eigenvalue weighted by atomic mass is 10.2. The van der Waals surface area contributed by atoms with Gasteiger partial charge in [-0.15, -0.1) is 10.2 Å². The largest absolute Gasteiger partial charge is 0.334 e. The van der Waals surface area contributed by atoms with E-state index >= 15 is 0 Å². The molecule has 0 radical (unpaired) electrons. The molecule has 2 N–H and O–H groups in total. The van der Waals surface area contributed by atoms with Crippen LogP contribution in [0.5, 0.6) is 0 Å². The van der Waals surface area contributed by atoms with Crippen LogP contribution in [0.3, 0.4) is 0 Å². The first kappa shape index (κ1) is 17.6. The van der Waals surface area contributed by atoms with Crippen molar-refractivity contribution < 1.29 is 4.79 Å². The van der Waals surface area contributed by atoms with Crippen LogP contribution in [0, 0.1) is 13.8 Å². The first-order valence-electron chi connectivity index (χ1n) is 8.33. The molecule has 136 valence electrons. The fraction of sp³-hybridized carbons (Fsp3) is 0.353. The molecule has 2 heterocycles. The Morgan fingerprint density at radius 1 is 1.23 bits per heavy atom. The fourth-order valence-corrected chi connectivity index (χ4v) is 2.69. The topological polar surface area (TPSA) is 103 Å². The number of nitrogens with zero attached hydrogens (tertiary/aromatic N) is 6. The van der Waals surface area contributed by atoms with Crippen molar-refractivity contribution in [1.82, 2.24) is 35.3 Å². The van der Waals surface area contributed by atoms with Gasteiger partial charge < -0.3 is 10.6 Å². The van der Waals surface area contributed by atoms with E-state index < -0.39 is 0 Å². The second kappa shape index (κ2) is 7.34. The molecule has 0 saturated heterocycles. The van der Waals surface area contributed by atoms with Gasteiger partial charge in [0.1, 0.15) is 0 Å². The van der Waals surface area contributed by atoms with Crippen molar-refractivity contribution in [2.24, 2.45) is 7.05 Å². The summed E-state index contributed by atoms with van der Waals surface area (Å²) in [5.74, 6) is 0.509. The third kappa shape index (κ3) is 4.24. The number of aryl methyl sites for hydroxylation is 3. The molecule has 2 aromatic heterocycles. The highest BCUT2D eigenvalue weighted by Crippen LogP contribution is 2.18. The molecule has 9 heteroatoms. The molecule has 3 rings (SSSR count). The molecular formula is C17H22N8O. The van der Waals surface area contributed by atoms with E-state index in [1.807, 2.05) is 55.8 Å². The smallest absolute Gasteiger partial charge is 0.319 e. The van der Waals surface area contributed by atoms with Crippen LogP contribution in [0.1, 0.15) is 18.3 Å². The number of aromatic nitrogens is 6. The van der Waals surface area contributed by atoms with Crippen LogP contribution in [0.2, 0.25) is 0 Å². The standard InChI is InChI=1S/C17H22N8O/c1-11-8-13(3)25(21-11)10-12(2)18-17(26)19-15-7-5-6-14(9-15)16-20-23-24(4)22-16/h5-9,12H,10H2,1-4H3,(H2,18,19,26)/t12-/m0/s1. The molecular weight excluding hydrogens is 332 g/mol. The highest BCUT2D eigenvalue weighted by Gasteiger charge is 2.11. The van der Waals surface area contributed by atoms with Gasteiger partial charge in [-0.1, -0.05) is 12.1 Å². The summed E-state index contributed by atoms with van der Waals surface area (Å²) in [6, 6.07) is 8.99. The molecule has 0 aliphatic carbocycles. The Labute approximate surface area is 151 Å². The van der Waals surface area contributed by atoms with E-state index in [4.69, 9.17) is 0 Å². The normalized spacial score (nSPS) is 12.0. The van der Waals surface area contributed by atoms with Gasteiger partial charge in [0.05, 0.1) is 19.3 Å². The molecule has 0 saturated carbocycles. The zero-order chi connectivity index (χ0) is 18.7. The predicted octanol–water partition coefficient (Wildman–Crippen LogP) is 1.90. The minimum absolute atomic E-state index is 0.0714. The van der Waals surface area contributed by atoms with Gasteiger partial charge in [0.15, 0.2) is 0 Å². The van der Waals surface area contributed by atoms with E-state index in [0.717, 1.165) is 17.0 Å². The van der Waals surface area contributed by atoms with Gasteiger partial charge in [0.25, 0.3) is 0 Å². The van der Waals surface area contributed by atoms with Gasteiger partial charge in [-0.25, -0.2) is 4.79 Å². The molecule has 1 aromatic carbocycles. The third-order valence-corrected chi connectivity index (χ3v) is 3.81. The van der Waals surface area contributed by atoms with Gasteiger partial charge in [0, 0.05) is 23.0 Å². The monoisotopic (exact) mass is 354 g/mol. The quantitative estimate of drug-likeness (QED) is 0.728. The highest BCUT2D eigenvalue weighted by molar-refractivity contribution is 5.90. The number of tetrazole rings is 1. The minimum atomic E-state index is -0.275. The van der Waals surface area contributed by atoms with E-state index in [1.165, 1.54) is 4.80 Å². The van der Waals surface area contributed by atoms with Crippen LogP contribution in [0.15, 0.2) is 30.3 Å². The van der Waals surface area contributed by atoms with Crippen molar-refractivity contribution in [2.45, 2.75) is 33.4 Å². The average Bonchev–Trinajstić information content (AvgIpc) is 3.13. The first-order valence-corrected chi connectivity index (χ1v) is 8.33. The SMILES string of the molecule is Cc1cc(C)n(C[C@H](C)NC(=O)Nc2cccc(-c3nnn(C)n3)c2)n1. The maximum atomic E-state index is 12.3. The van der Waals surface area contributed by atoms with Crippen LogP contribution in [-0.4, -0.2) is 42.1 Å². The number of hydrogen-bond acceptors (Lipinski definition) is 5. The van der Waals surface area contributed by atoms with E-state index in [-0.39, 0.29) is 12.1 Å². The highest BCUT2D eigenvalue weighted by atomic mass is 16.2. The van der Waals surface area contributed by atoms with Crippen LogP contribution >= 0.6 is 0 Å². The Bertz CT molecular complexity index is 913. The third-order valence-electron chi connectivity index (χ3n) is 3.81. The number of carbonyl (C=O) groups excluding carboxylic acids is 1. The average molecular weight is 354 g/mol. The molecule has 0 spiro atoms. The van der Waals surface area contributed by atoms with Crippen molar-refractivity contribution in [1.29, 1.82) is 0 Å². The Morgan fingerprint density at radius 3 is 2.69 bits per heavy atom. The summed E-state index contributed by atoms with van der Waals surface area (Å²) in [6.45, 7) is 6.50. The summed E-state index contributed by atoms with van der Waals surface area (Å²) in [6.07, 6.45) is 0. The summed E-state index contributed by atoms with van der Waals surface area (Å²) in [5, 5.41) is 22.1. The van der Waals surface area contributed by atoms with Crippen molar-refractivity contribution in [3.63, 3.8) is 0 Å². The minimum Gasteiger partial charge on any atom is -0.334 e. The van der Waals surface area contributed by atoms with Crippen molar-refractivity contribution >= 4 is 11.7 Å². The van der Waals surface area contributed by atoms with Crippen LogP contribution in [0.25, 0.3) is 11.4 Å². The summed E-state index contributed by atoms with van der Waals surface area (Å²) in [4.78, 5) is 13.6. The Morgan fingerprint density at radius 2 is 2.04 bits per heavy atom. The number of urea groups is 1. The molecule has 26 heavy (non-hydrogen) atoms. The lowest BCUT2D eigenvalue weighted by Gasteiger charge is -2.16. The van der Waals surface area contributed by atoms with E-state index in [1.54, 1.807) is 7.05 Å². The number of benzene rings is 1. The lowest BCUT2D eigenvalue weighted by Crippen LogP contribution is -2.38. The number of anilines is 1. The number of nitrogens with one attached hydrogen (secondary N) is 2. The van der Waals surface area contributed by atoms with E-state index in [9.17, 15) is 4.79 Å². The van der Waals surface area contributed by atoms with Crippen molar-refractivity contribution in [3.8, 4) is 11.4 Å². The number of amides is 2. The zero-order valence-electron chi connectivity index (χ0n) is 15.3. The molecule has 3 aromatic rings. The number of hydrogen-bond donors (Lipinski definition) is 2. The van der Waals surface area contributed by atoms with Gasteiger partial charge in [-0.2, -0.15) is 9.90 Å². The van der Waals surface area contributed by atoms with Crippen molar-refractivity contribution in [3.05, 3.63) is 41.7 Å². The maximum Gasteiger partial charge on any atom is 0.319 e. The van der Waals surface area contributed by atoms with E-state index in [2.05, 4.69) is 31.1 Å². The van der Waals surface area contributed by atoms with Crippen LogP contribution in [-0.2, 0) is 13.6 Å². The molecule has 9 nitrogen and oxygen atoms in total. The Kier molecular flexibility index (Phi) is 4.97. The number of rotatable bonds is 5. The fourth-order valence-electron chi connectivity index (χ4n) is 2.69. The summed E-state index contributed by atoms with van der Waals surface area (Å²) in [7, 11) is 1.70. The summed E-state index contributed by atoms with van der Waals surface area (Å²) in [5.41, 5.74) is 3.48. The summed E-state index contributed by atoms with van der Waals surface area (Å²) < 4.78 is 1.89. The Balaban J connectivity index is 1.60. The summed E-state index contributed by atoms with van der Waals surface area (Å²) >= 11 is 0. The Hall–Kier alpha value is -3.23. The predicted molar refractivity (Wildman–Crippen MR) is 97.6 cm³/mol. The molecule has 0 aliphatic heterocycles. The molecule has 0 bridgehead atoms. The molecule has 0 unspecified atom stereocenters. The maximum absolute atomic E-state index is 12.3. The van der Waals surface area contributed by atoms with Gasteiger partial charge in [-0.05, 0) is 44.2 Å². The van der Waals surface area contributed by atoms with Gasteiger partial charge in [0.2, 0.25) is 5.82 Å². The lowest BCUT2D eigenvalue weighted by molar-refractivity contribution is 0.247. The second-order valence-corrected chi connectivity index (χ2v) is 6.29. The van der Waals surface area contributed by atoms with Crippen LogP contribution in [0.4, 0.5) is 10.5 Å². The van der Waals surface area contributed by atoms with E-state index in [0.29, 0.717) is 18.1 Å². The first-order chi connectivity index (χ1) is 12.4. The van der Waals surface area contributed by atoms with Crippen LogP contribution < -0.4 is 10.6 Å². The van der Waals surface area contributed by atoms with Gasteiger partial charge in [-0.3, -0.25) is 4.68 Å². The second-order valence-electron chi connectivity index (χ2n) is 6.29.